The molecule has 1 heteroatoms. The summed E-state index contributed by atoms with van der Waals surface area (Å²) in [4.78, 5) is 0. The van der Waals surface area contributed by atoms with Crippen molar-refractivity contribution >= 4 is 51.2 Å². The first kappa shape index (κ1) is 20.1. The van der Waals surface area contributed by atoms with E-state index in [1.165, 1.54) is 44.1 Å². The van der Waals surface area contributed by atoms with Crippen molar-refractivity contribution < 1.29 is 0 Å². The van der Waals surface area contributed by atoms with E-state index in [4.69, 9.17) is 5.41 Å². The Bertz CT molecular complexity index is 1830. The van der Waals surface area contributed by atoms with Gasteiger partial charge in [0.25, 0.3) is 0 Å². The summed E-state index contributed by atoms with van der Waals surface area (Å²) in [5, 5.41) is 17.1. The summed E-state index contributed by atoms with van der Waals surface area (Å²) in [7, 11) is 0. The van der Waals surface area contributed by atoms with E-state index in [0.29, 0.717) is 0 Å². The van der Waals surface area contributed by atoms with Gasteiger partial charge in [-0.05, 0) is 77.2 Å². The average molecular weight is 434 g/mol. The van der Waals surface area contributed by atoms with E-state index in [0.717, 1.165) is 27.1 Å². The second kappa shape index (κ2) is 8.13. The van der Waals surface area contributed by atoms with Crippen LogP contribution in [0.15, 0.2) is 109 Å². The van der Waals surface area contributed by atoms with Crippen LogP contribution in [-0.4, -0.2) is 6.21 Å². The third-order valence-corrected chi connectivity index (χ3v) is 6.71. The molecule has 1 N–H and O–H groups in total. The molecule has 0 aliphatic heterocycles. The van der Waals surface area contributed by atoms with Gasteiger partial charge in [-0.1, -0.05) is 110 Å². The molecule has 160 valence electrons. The molecule has 1 nitrogen and oxygen atoms in total. The van der Waals surface area contributed by atoms with Crippen molar-refractivity contribution in [3.05, 3.63) is 120 Å². The Labute approximate surface area is 198 Å². The van der Waals surface area contributed by atoms with Crippen molar-refractivity contribution in [1.82, 2.24) is 0 Å². The standard InChI is InChI=1S/C33H23N/c1-22-25(19-20-34)33(23-11-3-2-4-12-23)30-18-10-9-17-29(30)32(22)31-21-24-13-5-6-14-26(24)27-15-7-8-16-28(27)31/h2-21,34H,1H2/b25-19+,34-20?. The smallest absolute Gasteiger partial charge is 0.0184 e. The highest BCUT2D eigenvalue weighted by atomic mass is 14.3. The van der Waals surface area contributed by atoms with Crippen LogP contribution in [0.1, 0.15) is 0 Å². The van der Waals surface area contributed by atoms with Gasteiger partial charge >= 0.3 is 0 Å². The van der Waals surface area contributed by atoms with Gasteiger partial charge in [-0.15, -0.1) is 0 Å². The Kier molecular flexibility index (Phi) is 4.82. The van der Waals surface area contributed by atoms with E-state index in [1.54, 1.807) is 0 Å². The van der Waals surface area contributed by atoms with Crippen LogP contribution >= 0.6 is 0 Å². The van der Waals surface area contributed by atoms with E-state index >= 15 is 0 Å². The Morgan fingerprint density at radius 3 is 1.82 bits per heavy atom. The number of nitrogens with one attached hydrogen (secondary N) is 1. The van der Waals surface area contributed by atoms with Gasteiger partial charge in [0.2, 0.25) is 0 Å². The Hall–Kier alpha value is -4.49. The lowest BCUT2D eigenvalue weighted by Crippen LogP contribution is -2.28. The lowest BCUT2D eigenvalue weighted by atomic mass is 9.86. The minimum absolute atomic E-state index is 0.946. The predicted octanol–water partition coefficient (Wildman–Crippen LogP) is 7.32. The number of hydrogen-bond acceptors (Lipinski definition) is 1. The molecule has 0 aliphatic carbocycles. The molecule has 0 saturated carbocycles. The van der Waals surface area contributed by atoms with Gasteiger partial charge in [0.1, 0.15) is 0 Å². The van der Waals surface area contributed by atoms with Crippen molar-refractivity contribution in [3.8, 4) is 22.3 Å². The van der Waals surface area contributed by atoms with Gasteiger partial charge in [-0.3, -0.25) is 0 Å². The highest BCUT2D eigenvalue weighted by Gasteiger charge is 2.16. The minimum Gasteiger partial charge on any atom is -0.309 e. The van der Waals surface area contributed by atoms with Gasteiger partial charge in [0, 0.05) is 6.21 Å². The number of rotatable bonds is 3. The quantitative estimate of drug-likeness (QED) is 0.223. The van der Waals surface area contributed by atoms with Crippen LogP contribution < -0.4 is 10.4 Å². The summed E-state index contributed by atoms with van der Waals surface area (Å²) in [6.07, 6.45) is 3.25. The normalized spacial score (nSPS) is 11.9. The van der Waals surface area contributed by atoms with Crippen molar-refractivity contribution in [2.75, 3.05) is 0 Å². The topological polar surface area (TPSA) is 23.9 Å². The van der Waals surface area contributed by atoms with Crippen LogP contribution in [0.25, 0.3) is 67.2 Å². The molecule has 0 bridgehead atoms. The van der Waals surface area contributed by atoms with Crippen molar-refractivity contribution in [3.63, 3.8) is 0 Å². The van der Waals surface area contributed by atoms with Crippen LogP contribution in [0.4, 0.5) is 0 Å². The van der Waals surface area contributed by atoms with Crippen LogP contribution in [-0.2, 0) is 0 Å². The van der Waals surface area contributed by atoms with E-state index in [9.17, 15) is 0 Å². The molecule has 6 aromatic carbocycles. The molecule has 0 unspecified atom stereocenters. The van der Waals surface area contributed by atoms with E-state index in [-0.39, 0.29) is 0 Å². The zero-order valence-electron chi connectivity index (χ0n) is 18.8. The maximum absolute atomic E-state index is 7.91. The van der Waals surface area contributed by atoms with Gasteiger partial charge in [0.05, 0.1) is 0 Å². The molecule has 0 aromatic heterocycles. The summed E-state index contributed by atoms with van der Waals surface area (Å²) in [6, 6.07) is 38.5. The summed E-state index contributed by atoms with van der Waals surface area (Å²) < 4.78 is 0. The molecule has 0 fully saturated rings. The first-order chi connectivity index (χ1) is 16.8. The molecule has 0 aliphatic rings. The molecule has 0 saturated heterocycles. The van der Waals surface area contributed by atoms with E-state index < -0.39 is 0 Å². The molecular formula is C33H23N. The van der Waals surface area contributed by atoms with Crippen LogP contribution in [0.5, 0.6) is 0 Å². The first-order valence-corrected chi connectivity index (χ1v) is 11.5. The Balaban J connectivity index is 1.86. The fraction of sp³-hybridized carbons (Fsp3) is 0. The second-order valence-corrected chi connectivity index (χ2v) is 8.58. The maximum Gasteiger partial charge on any atom is 0.0184 e. The highest BCUT2D eigenvalue weighted by molar-refractivity contribution is 6.17. The van der Waals surface area contributed by atoms with Crippen molar-refractivity contribution in [1.29, 1.82) is 5.41 Å². The second-order valence-electron chi connectivity index (χ2n) is 8.58. The Morgan fingerprint density at radius 2 is 1.12 bits per heavy atom. The molecule has 0 atom stereocenters. The lowest BCUT2D eigenvalue weighted by molar-refractivity contribution is 1.53. The summed E-state index contributed by atoms with van der Waals surface area (Å²) in [5.74, 6) is 0. The molecule has 34 heavy (non-hydrogen) atoms. The third kappa shape index (κ3) is 3.06. The molecule has 6 rings (SSSR count). The maximum atomic E-state index is 7.91. The zero-order chi connectivity index (χ0) is 23.1. The van der Waals surface area contributed by atoms with Crippen molar-refractivity contribution in [2.24, 2.45) is 0 Å². The monoisotopic (exact) mass is 433 g/mol. The molecular weight excluding hydrogens is 410 g/mol. The SMILES string of the molecule is C=c1c(-c2cc3ccccc3c3ccccc23)c2ccccc2c(-c2ccccc2)/c1=C/C=N. The summed E-state index contributed by atoms with van der Waals surface area (Å²) in [6.45, 7) is 4.60. The van der Waals surface area contributed by atoms with Gasteiger partial charge in [-0.2, -0.15) is 0 Å². The van der Waals surface area contributed by atoms with Gasteiger partial charge < -0.3 is 5.41 Å². The molecule has 0 heterocycles. The Morgan fingerprint density at radius 1 is 0.559 bits per heavy atom. The van der Waals surface area contributed by atoms with E-state index in [1.807, 2.05) is 12.1 Å². The predicted molar refractivity (Wildman–Crippen MR) is 148 cm³/mol. The summed E-state index contributed by atoms with van der Waals surface area (Å²) in [5.41, 5.74) is 4.56. The third-order valence-electron chi connectivity index (χ3n) is 6.71. The number of hydrogen-bond donors (Lipinski definition) is 1. The van der Waals surface area contributed by atoms with Gasteiger partial charge in [-0.25, -0.2) is 0 Å². The zero-order valence-corrected chi connectivity index (χ0v) is 18.8. The fourth-order valence-electron chi connectivity index (χ4n) is 5.26. The first-order valence-electron chi connectivity index (χ1n) is 11.5. The highest BCUT2D eigenvalue weighted by Crippen LogP contribution is 2.37. The van der Waals surface area contributed by atoms with Crippen LogP contribution in [0.2, 0.25) is 0 Å². The lowest BCUT2D eigenvalue weighted by Gasteiger charge is -2.17. The van der Waals surface area contributed by atoms with Crippen molar-refractivity contribution in [2.45, 2.75) is 0 Å². The largest absolute Gasteiger partial charge is 0.309 e. The minimum atomic E-state index is 0.946. The average Bonchev–Trinajstić information content (AvgIpc) is 2.89. The summed E-state index contributed by atoms with van der Waals surface area (Å²) >= 11 is 0. The molecule has 0 radical (unpaired) electrons. The van der Waals surface area contributed by atoms with Crippen LogP contribution in [0, 0.1) is 5.41 Å². The molecule has 0 amide bonds. The van der Waals surface area contributed by atoms with Crippen LogP contribution in [0.3, 0.4) is 0 Å². The number of fused-ring (bicyclic) bond motifs is 4. The number of benzene rings is 6. The molecule has 6 aromatic rings. The van der Waals surface area contributed by atoms with Gasteiger partial charge in [0.15, 0.2) is 0 Å². The fourth-order valence-corrected chi connectivity index (χ4v) is 5.26. The van der Waals surface area contributed by atoms with E-state index in [2.05, 4.69) is 110 Å². The molecule has 0 spiro atoms.